The first-order valence-corrected chi connectivity index (χ1v) is 7.43. The van der Waals surface area contributed by atoms with Crippen LogP contribution in [0.5, 0.6) is 5.75 Å². The SMILES string of the molecule is CN(C)C1(CNC(=O)COc2ccccc2F)CCOCC1. The lowest BCUT2D eigenvalue weighted by molar-refractivity contribution is -0.124. The molecule has 2 rings (SSSR count). The fourth-order valence-electron chi connectivity index (χ4n) is 2.55. The van der Waals surface area contributed by atoms with Crippen molar-refractivity contribution < 1.29 is 18.7 Å². The third kappa shape index (κ3) is 4.18. The zero-order valence-electron chi connectivity index (χ0n) is 13.1. The highest BCUT2D eigenvalue weighted by molar-refractivity contribution is 5.77. The molecule has 1 aromatic rings. The van der Waals surface area contributed by atoms with E-state index in [0.717, 1.165) is 12.8 Å². The van der Waals surface area contributed by atoms with Crippen LogP contribution in [0.2, 0.25) is 0 Å². The summed E-state index contributed by atoms with van der Waals surface area (Å²) >= 11 is 0. The normalized spacial score (nSPS) is 17.3. The molecule has 1 heterocycles. The van der Waals surface area contributed by atoms with E-state index in [4.69, 9.17) is 9.47 Å². The maximum absolute atomic E-state index is 13.4. The fourth-order valence-corrected chi connectivity index (χ4v) is 2.55. The number of nitrogens with one attached hydrogen (secondary N) is 1. The van der Waals surface area contributed by atoms with E-state index < -0.39 is 5.82 Å². The highest BCUT2D eigenvalue weighted by Crippen LogP contribution is 2.25. The second kappa shape index (κ2) is 7.56. The van der Waals surface area contributed by atoms with Crippen LogP contribution < -0.4 is 10.1 Å². The first-order chi connectivity index (χ1) is 10.5. The van der Waals surface area contributed by atoms with E-state index in [1.54, 1.807) is 12.1 Å². The number of carbonyl (C=O) groups excluding carboxylic acids is 1. The van der Waals surface area contributed by atoms with E-state index in [2.05, 4.69) is 10.2 Å². The Bertz CT molecular complexity index is 502. The Morgan fingerprint density at radius 2 is 2.05 bits per heavy atom. The molecule has 1 aromatic carbocycles. The number of likely N-dealkylation sites (N-methyl/N-ethyl adjacent to an activating group) is 1. The summed E-state index contributed by atoms with van der Waals surface area (Å²) < 4.78 is 24.0. The van der Waals surface area contributed by atoms with Gasteiger partial charge in [0.15, 0.2) is 18.2 Å². The predicted octanol–water partition coefficient (Wildman–Crippen LogP) is 1.43. The van der Waals surface area contributed by atoms with Gasteiger partial charge in [0.2, 0.25) is 0 Å². The number of halogens is 1. The first-order valence-electron chi connectivity index (χ1n) is 7.43. The monoisotopic (exact) mass is 310 g/mol. The van der Waals surface area contributed by atoms with Gasteiger partial charge in [0, 0.05) is 25.3 Å². The smallest absolute Gasteiger partial charge is 0.258 e. The molecule has 122 valence electrons. The molecule has 0 saturated carbocycles. The number of rotatable bonds is 6. The van der Waals surface area contributed by atoms with Crippen molar-refractivity contribution in [3.63, 3.8) is 0 Å². The lowest BCUT2D eigenvalue weighted by Gasteiger charge is -2.42. The van der Waals surface area contributed by atoms with E-state index >= 15 is 0 Å². The van der Waals surface area contributed by atoms with Gasteiger partial charge in [-0.25, -0.2) is 4.39 Å². The number of benzene rings is 1. The third-order valence-corrected chi connectivity index (χ3v) is 4.18. The van der Waals surface area contributed by atoms with E-state index in [-0.39, 0.29) is 23.8 Å². The number of ether oxygens (including phenoxy) is 2. The lowest BCUT2D eigenvalue weighted by atomic mass is 9.88. The molecule has 1 saturated heterocycles. The van der Waals surface area contributed by atoms with Crippen molar-refractivity contribution in [3.05, 3.63) is 30.1 Å². The number of amides is 1. The Morgan fingerprint density at radius 3 is 2.68 bits per heavy atom. The van der Waals surface area contributed by atoms with Gasteiger partial charge in [0.1, 0.15) is 0 Å². The Balaban J connectivity index is 1.83. The van der Waals surface area contributed by atoms with Crippen molar-refractivity contribution in [1.29, 1.82) is 0 Å². The molecule has 0 aliphatic carbocycles. The van der Waals surface area contributed by atoms with Gasteiger partial charge < -0.3 is 19.7 Å². The average molecular weight is 310 g/mol. The van der Waals surface area contributed by atoms with Crippen LogP contribution >= 0.6 is 0 Å². The minimum Gasteiger partial charge on any atom is -0.481 e. The van der Waals surface area contributed by atoms with E-state index in [9.17, 15) is 9.18 Å². The molecule has 0 bridgehead atoms. The molecule has 1 aliphatic heterocycles. The maximum atomic E-state index is 13.4. The fraction of sp³-hybridized carbons (Fsp3) is 0.562. The van der Waals surface area contributed by atoms with Crippen LogP contribution in [0.25, 0.3) is 0 Å². The molecular weight excluding hydrogens is 287 g/mol. The van der Waals surface area contributed by atoms with Crippen molar-refractivity contribution >= 4 is 5.91 Å². The summed E-state index contributed by atoms with van der Waals surface area (Å²) in [6.45, 7) is 1.73. The van der Waals surface area contributed by atoms with Crippen LogP contribution in [-0.4, -0.2) is 56.8 Å². The molecular formula is C16H23FN2O3. The first kappa shape index (κ1) is 16.7. The van der Waals surface area contributed by atoms with Gasteiger partial charge in [0.05, 0.1) is 0 Å². The Labute approximate surface area is 130 Å². The molecule has 1 N–H and O–H groups in total. The molecule has 0 aromatic heterocycles. The summed E-state index contributed by atoms with van der Waals surface area (Å²) in [6.07, 6.45) is 1.74. The highest BCUT2D eigenvalue weighted by atomic mass is 19.1. The standard InChI is InChI=1S/C16H23FN2O3/c1-19(2)16(7-9-21-10-8-16)12-18-15(20)11-22-14-6-4-3-5-13(14)17/h3-6H,7-12H2,1-2H3,(H,18,20). The van der Waals surface area contributed by atoms with Gasteiger partial charge >= 0.3 is 0 Å². The van der Waals surface area contributed by atoms with E-state index in [1.165, 1.54) is 12.1 Å². The molecule has 1 fully saturated rings. The van der Waals surface area contributed by atoms with Gasteiger partial charge in [-0.15, -0.1) is 0 Å². The molecule has 5 nitrogen and oxygen atoms in total. The summed E-state index contributed by atoms with van der Waals surface area (Å²) in [5, 5.41) is 2.88. The molecule has 0 atom stereocenters. The number of hydrogen-bond acceptors (Lipinski definition) is 4. The molecule has 0 unspecified atom stereocenters. The average Bonchev–Trinajstić information content (AvgIpc) is 2.53. The van der Waals surface area contributed by atoms with E-state index in [0.29, 0.717) is 19.8 Å². The molecule has 1 amide bonds. The van der Waals surface area contributed by atoms with Crippen LogP contribution in [0.4, 0.5) is 4.39 Å². The summed E-state index contributed by atoms with van der Waals surface area (Å²) in [4.78, 5) is 14.1. The summed E-state index contributed by atoms with van der Waals surface area (Å²) in [6, 6.07) is 6.05. The summed E-state index contributed by atoms with van der Waals surface area (Å²) in [5.41, 5.74) is -0.0914. The van der Waals surface area contributed by atoms with Gasteiger partial charge in [-0.1, -0.05) is 12.1 Å². The quantitative estimate of drug-likeness (QED) is 0.864. The van der Waals surface area contributed by atoms with Crippen molar-refractivity contribution in [1.82, 2.24) is 10.2 Å². The minimum atomic E-state index is -0.468. The third-order valence-electron chi connectivity index (χ3n) is 4.18. The Hall–Kier alpha value is -1.66. The van der Waals surface area contributed by atoms with Crippen molar-refractivity contribution in [2.45, 2.75) is 18.4 Å². The summed E-state index contributed by atoms with van der Waals surface area (Å²) in [5.74, 6) is -0.633. The van der Waals surface area contributed by atoms with Crippen molar-refractivity contribution in [2.24, 2.45) is 0 Å². The number of nitrogens with zero attached hydrogens (tertiary/aromatic N) is 1. The number of para-hydroxylation sites is 1. The topological polar surface area (TPSA) is 50.8 Å². The Morgan fingerprint density at radius 1 is 1.36 bits per heavy atom. The predicted molar refractivity (Wildman–Crippen MR) is 81.4 cm³/mol. The number of carbonyl (C=O) groups is 1. The van der Waals surface area contributed by atoms with Crippen LogP contribution in [0, 0.1) is 5.82 Å². The maximum Gasteiger partial charge on any atom is 0.258 e. The van der Waals surface area contributed by atoms with Crippen molar-refractivity contribution in [2.75, 3.05) is 40.5 Å². The van der Waals surface area contributed by atoms with Gasteiger partial charge in [0.25, 0.3) is 5.91 Å². The second-order valence-corrected chi connectivity index (χ2v) is 5.73. The van der Waals surface area contributed by atoms with Crippen LogP contribution in [0.15, 0.2) is 24.3 Å². The molecule has 22 heavy (non-hydrogen) atoms. The van der Waals surface area contributed by atoms with Crippen LogP contribution in [0.1, 0.15) is 12.8 Å². The number of hydrogen-bond donors (Lipinski definition) is 1. The molecule has 0 radical (unpaired) electrons. The minimum absolute atomic E-state index is 0.0889. The molecule has 0 spiro atoms. The zero-order chi connectivity index (χ0) is 16.0. The van der Waals surface area contributed by atoms with Crippen molar-refractivity contribution in [3.8, 4) is 5.75 Å². The van der Waals surface area contributed by atoms with E-state index in [1.807, 2.05) is 14.1 Å². The lowest BCUT2D eigenvalue weighted by Crippen LogP contribution is -2.56. The zero-order valence-corrected chi connectivity index (χ0v) is 13.1. The summed E-state index contributed by atoms with van der Waals surface area (Å²) in [7, 11) is 4.01. The largest absolute Gasteiger partial charge is 0.481 e. The van der Waals surface area contributed by atoms with Gasteiger partial charge in [-0.05, 0) is 39.1 Å². The molecule has 1 aliphatic rings. The Kier molecular flexibility index (Phi) is 5.74. The van der Waals surface area contributed by atoms with Gasteiger partial charge in [-0.3, -0.25) is 4.79 Å². The van der Waals surface area contributed by atoms with Crippen LogP contribution in [-0.2, 0) is 9.53 Å². The second-order valence-electron chi connectivity index (χ2n) is 5.73. The highest BCUT2D eigenvalue weighted by Gasteiger charge is 2.35. The van der Waals surface area contributed by atoms with Gasteiger partial charge in [-0.2, -0.15) is 0 Å². The van der Waals surface area contributed by atoms with Crippen LogP contribution in [0.3, 0.4) is 0 Å². The molecule has 6 heteroatoms.